The molecule has 1 heterocycles. The molecule has 1 N–H and O–H groups in total. The molecule has 5 heteroatoms. The predicted molar refractivity (Wildman–Crippen MR) is 58.0 cm³/mol. The minimum atomic E-state index is -0.993. The molecule has 1 saturated heterocycles. The molecule has 0 aromatic carbocycles. The zero-order valence-corrected chi connectivity index (χ0v) is 9.97. The Hall–Kier alpha value is -1.10. The van der Waals surface area contributed by atoms with E-state index in [4.69, 9.17) is 9.84 Å². The molecule has 0 aliphatic carbocycles. The van der Waals surface area contributed by atoms with Crippen molar-refractivity contribution in [1.29, 1.82) is 0 Å². The van der Waals surface area contributed by atoms with Gasteiger partial charge in [-0.1, -0.05) is 6.92 Å². The second-order valence-corrected chi connectivity index (χ2v) is 4.51. The molecule has 0 radical (unpaired) electrons. The van der Waals surface area contributed by atoms with E-state index >= 15 is 0 Å². The molecule has 1 rings (SSSR count). The smallest absolute Gasteiger partial charge is 0.323 e. The van der Waals surface area contributed by atoms with Gasteiger partial charge in [0.2, 0.25) is 0 Å². The topological polar surface area (TPSA) is 66.8 Å². The zero-order chi connectivity index (χ0) is 12.3. The Morgan fingerprint density at radius 2 is 2.12 bits per heavy atom. The molecule has 16 heavy (non-hydrogen) atoms. The Bertz CT molecular complexity index is 277. The van der Waals surface area contributed by atoms with Crippen LogP contribution in [0.5, 0.6) is 0 Å². The van der Waals surface area contributed by atoms with Crippen molar-refractivity contribution in [3.05, 3.63) is 0 Å². The van der Waals surface area contributed by atoms with E-state index in [9.17, 15) is 9.59 Å². The molecule has 1 fully saturated rings. The maximum absolute atomic E-state index is 12.1. The van der Waals surface area contributed by atoms with Crippen molar-refractivity contribution in [3.63, 3.8) is 0 Å². The van der Waals surface area contributed by atoms with Crippen LogP contribution in [0, 0.1) is 5.92 Å². The number of carboxylic acids is 1. The second kappa shape index (κ2) is 5.30. The molecule has 2 unspecified atom stereocenters. The average molecular weight is 229 g/mol. The first-order valence-electron chi connectivity index (χ1n) is 5.57. The lowest BCUT2D eigenvalue weighted by atomic mass is 10.0. The highest BCUT2D eigenvalue weighted by Crippen LogP contribution is 2.22. The fourth-order valence-corrected chi connectivity index (χ4v) is 1.84. The molecule has 1 aliphatic heterocycles. The van der Waals surface area contributed by atoms with E-state index < -0.39 is 12.1 Å². The summed E-state index contributed by atoms with van der Waals surface area (Å²) in [5.74, 6) is -1.03. The number of rotatable bonds is 4. The van der Waals surface area contributed by atoms with Crippen LogP contribution in [0.25, 0.3) is 0 Å². The van der Waals surface area contributed by atoms with E-state index in [-0.39, 0.29) is 24.4 Å². The van der Waals surface area contributed by atoms with Gasteiger partial charge in [-0.05, 0) is 26.2 Å². The van der Waals surface area contributed by atoms with Gasteiger partial charge in [-0.3, -0.25) is 9.59 Å². The molecule has 2 atom stereocenters. The second-order valence-electron chi connectivity index (χ2n) is 4.51. The van der Waals surface area contributed by atoms with Gasteiger partial charge in [-0.15, -0.1) is 0 Å². The summed E-state index contributed by atoms with van der Waals surface area (Å²) in [6.07, 6.45) is 0.386. The SMILES string of the molecule is CC1CCOC1C(=O)N(CC(=O)O)C(C)C. The van der Waals surface area contributed by atoms with E-state index in [0.29, 0.717) is 6.61 Å². The molecule has 0 saturated carbocycles. The molecule has 1 aliphatic rings. The van der Waals surface area contributed by atoms with Crippen molar-refractivity contribution in [2.75, 3.05) is 13.2 Å². The van der Waals surface area contributed by atoms with E-state index in [1.165, 1.54) is 4.90 Å². The minimum absolute atomic E-state index is 0.125. The summed E-state index contributed by atoms with van der Waals surface area (Å²) < 4.78 is 5.36. The summed E-state index contributed by atoms with van der Waals surface area (Å²) in [6.45, 7) is 5.88. The average Bonchev–Trinajstić information content (AvgIpc) is 2.59. The molecule has 0 spiro atoms. The number of carbonyl (C=O) groups excluding carboxylic acids is 1. The number of hydrogen-bond acceptors (Lipinski definition) is 3. The van der Waals surface area contributed by atoms with Crippen LogP contribution in [0.1, 0.15) is 27.2 Å². The van der Waals surface area contributed by atoms with Crippen LogP contribution in [0.4, 0.5) is 0 Å². The van der Waals surface area contributed by atoms with Gasteiger partial charge in [0.05, 0.1) is 0 Å². The van der Waals surface area contributed by atoms with Crippen LogP contribution < -0.4 is 0 Å². The Balaban J connectivity index is 2.70. The van der Waals surface area contributed by atoms with Crippen molar-refractivity contribution >= 4 is 11.9 Å². The lowest BCUT2D eigenvalue weighted by Gasteiger charge is -2.28. The van der Waals surface area contributed by atoms with Gasteiger partial charge in [0.1, 0.15) is 12.6 Å². The highest BCUT2D eigenvalue weighted by atomic mass is 16.5. The summed E-state index contributed by atoms with van der Waals surface area (Å²) in [6, 6.07) is -0.125. The molecular formula is C11H19NO4. The van der Waals surface area contributed by atoms with Crippen LogP contribution in [0.2, 0.25) is 0 Å². The van der Waals surface area contributed by atoms with Gasteiger partial charge in [0, 0.05) is 12.6 Å². The van der Waals surface area contributed by atoms with Crippen molar-refractivity contribution in [1.82, 2.24) is 4.90 Å². The predicted octanol–water partition coefficient (Wildman–Crippen LogP) is 0.733. The summed E-state index contributed by atoms with van der Waals surface area (Å²) >= 11 is 0. The van der Waals surface area contributed by atoms with Crippen LogP contribution in [-0.4, -0.2) is 47.2 Å². The summed E-state index contributed by atoms with van der Waals surface area (Å²) in [5.41, 5.74) is 0. The lowest BCUT2D eigenvalue weighted by Crippen LogP contribution is -2.47. The third kappa shape index (κ3) is 2.95. The van der Waals surface area contributed by atoms with Crippen LogP contribution >= 0.6 is 0 Å². The normalized spacial score (nSPS) is 24.8. The van der Waals surface area contributed by atoms with Crippen LogP contribution in [0.3, 0.4) is 0 Å². The summed E-state index contributed by atoms with van der Waals surface area (Å²) in [7, 11) is 0. The Morgan fingerprint density at radius 1 is 1.50 bits per heavy atom. The van der Waals surface area contributed by atoms with Gasteiger partial charge in [0.15, 0.2) is 0 Å². The number of hydrogen-bond donors (Lipinski definition) is 1. The lowest BCUT2D eigenvalue weighted by molar-refractivity contribution is -0.151. The Labute approximate surface area is 95.4 Å². The first kappa shape index (κ1) is 13.0. The fourth-order valence-electron chi connectivity index (χ4n) is 1.84. The number of carbonyl (C=O) groups is 2. The van der Waals surface area contributed by atoms with Gasteiger partial charge < -0.3 is 14.7 Å². The van der Waals surface area contributed by atoms with E-state index in [1.54, 1.807) is 13.8 Å². The molecule has 1 amide bonds. The Kier molecular flexibility index (Phi) is 4.29. The van der Waals surface area contributed by atoms with Crippen molar-refractivity contribution < 1.29 is 19.4 Å². The summed E-state index contributed by atoms with van der Waals surface area (Å²) in [4.78, 5) is 24.1. The maximum atomic E-state index is 12.1. The van der Waals surface area contributed by atoms with E-state index in [1.807, 2.05) is 6.92 Å². The molecule has 0 aromatic heterocycles. The molecule has 92 valence electrons. The molecular weight excluding hydrogens is 210 g/mol. The third-order valence-corrected chi connectivity index (χ3v) is 2.84. The maximum Gasteiger partial charge on any atom is 0.323 e. The first-order valence-corrected chi connectivity index (χ1v) is 5.57. The number of carboxylic acid groups (broad SMARTS) is 1. The minimum Gasteiger partial charge on any atom is -0.480 e. The van der Waals surface area contributed by atoms with Gasteiger partial charge in [-0.25, -0.2) is 0 Å². The van der Waals surface area contributed by atoms with Crippen molar-refractivity contribution in [2.45, 2.75) is 39.3 Å². The van der Waals surface area contributed by atoms with E-state index in [0.717, 1.165) is 6.42 Å². The standard InChI is InChI=1S/C11H19NO4/c1-7(2)12(6-9(13)14)11(15)10-8(3)4-5-16-10/h7-8,10H,4-6H2,1-3H3,(H,13,14). The van der Waals surface area contributed by atoms with Crippen molar-refractivity contribution in [2.24, 2.45) is 5.92 Å². The Morgan fingerprint density at radius 3 is 2.50 bits per heavy atom. The zero-order valence-electron chi connectivity index (χ0n) is 9.97. The highest BCUT2D eigenvalue weighted by molar-refractivity contribution is 5.85. The van der Waals surface area contributed by atoms with Gasteiger partial charge >= 0.3 is 5.97 Å². The first-order chi connectivity index (χ1) is 7.43. The van der Waals surface area contributed by atoms with Crippen LogP contribution in [0.15, 0.2) is 0 Å². The fraction of sp³-hybridized carbons (Fsp3) is 0.818. The highest BCUT2D eigenvalue weighted by Gasteiger charge is 2.35. The van der Waals surface area contributed by atoms with E-state index in [2.05, 4.69) is 0 Å². The molecule has 5 nitrogen and oxygen atoms in total. The monoisotopic (exact) mass is 229 g/mol. The van der Waals surface area contributed by atoms with Crippen molar-refractivity contribution in [3.8, 4) is 0 Å². The summed E-state index contributed by atoms with van der Waals surface area (Å²) in [5, 5.41) is 8.76. The number of nitrogens with zero attached hydrogens (tertiary/aromatic N) is 1. The number of amides is 1. The number of aliphatic carboxylic acids is 1. The molecule has 0 aromatic rings. The van der Waals surface area contributed by atoms with Gasteiger partial charge in [-0.2, -0.15) is 0 Å². The third-order valence-electron chi connectivity index (χ3n) is 2.84. The van der Waals surface area contributed by atoms with Gasteiger partial charge in [0.25, 0.3) is 5.91 Å². The van der Waals surface area contributed by atoms with Crippen LogP contribution in [-0.2, 0) is 14.3 Å². The molecule has 0 bridgehead atoms. The largest absolute Gasteiger partial charge is 0.480 e. The number of ether oxygens (including phenoxy) is 1. The quantitative estimate of drug-likeness (QED) is 0.771.